The summed E-state index contributed by atoms with van der Waals surface area (Å²) >= 11 is 0. The third-order valence-corrected chi connectivity index (χ3v) is 2.33. The van der Waals surface area contributed by atoms with E-state index in [4.69, 9.17) is 5.11 Å². The second-order valence-corrected chi connectivity index (χ2v) is 3.83. The van der Waals surface area contributed by atoms with Crippen molar-refractivity contribution in [3.63, 3.8) is 0 Å². The molecule has 2 N–H and O–H groups in total. The molecular formula is C12H16FNO2. The Hall–Kier alpha value is -1.58. The average molecular weight is 225 g/mol. The zero-order valence-electron chi connectivity index (χ0n) is 9.46. The summed E-state index contributed by atoms with van der Waals surface area (Å²) in [5.74, 6) is -1.95. The van der Waals surface area contributed by atoms with Crippen LogP contribution >= 0.6 is 0 Å². The van der Waals surface area contributed by atoms with Crippen LogP contribution in [-0.2, 0) is 0 Å². The molecule has 0 aromatic heterocycles. The number of aromatic carboxylic acids is 1. The molecule has 1 unspecified atom stereocenters. The van der Waals surface area contributed by atoms with Crippen LogP contribution in [-0.4, -0.2) is 17.1 Å². The molecule has 0 spiro atoms. The van der Waals surface area contributed by atoms with Gasteiger partial charge < -0.3 is 10.4 Å². The zero-order chi connectivity index (χ0) is 12.1. The standard InChI is InChI=1S/C12H16FNO2/c1-3-4-8(2)14-9-5-6-10(12(15)16)11(13)7-9/h5-8,14H,3-4H2,1-2H3,(H,15,16). The number of hydrogen-bond donors (Lipinski definition) is 2. The lowest BCUT2D eigenvalue weighted by molar-refractivity contribution is 0.0692. The number of benzene rings is 1. The van der Waals surface area contributed by atoms with Crippen molar-refractivity contribution in [1.82, 2.24) is 0 Å². The van der Waals surface area contributed by atoms with E-state index in [2.05, 4.69) is 12.2 Å². The summed E-state index contributed by atoms with van der Waals surface area (Å²) in [5, 5.41) is 11.8. The van der Waals surface area contributed by atoms with Gasteiger partial charge in [-0.25, -0.2) is 9.18 Å². The van der Waals surface area contributed by atoms with E-state index in [0.29, 0.717) is 5.69 Å². The quantitative estimate of drug-likeness (QED) is 0.809. The van der Waals surface area contributed by atoms with Crippen molar-refractivity contribution in [3.8, 4) is 0 Å². The van der Waals surface area contributed by atoms with Gasteiger partial charge in [0.1, 0.15) is 5.82 Å². The molecule has 0 saturated heterocycles. The van der Waals surface area contributed by atoms with Crippen molar-refractivity contribution in [2.24, 2.45) is 0 Å². The molecule has 0 aliphatic rings. The maximum absolute atomic E-state index is 13.3. The van der Waals surface area contributed by atoms with Gasteiger partial charge in [-0.2, -0.15) is 0 Å². The van der Waals surface area contributed by atoms with Crippen molar-refractivity contribution < 1.29 is 14.3 Å². The number of carboxylic acid groups (broad SMARTS) is 1. The van der Waals surface area contributed by atoms with Crippen LogP contribution in [0.15, 0.2) is 18.2 Å². The molecule has 0 aliphatic carbocycles. The molecule has 0 amide bonds. The first-order valence-electron chi connectivity index (χ1n) is 5.34. The predicted octanol–water partition coefficient (Wildman–Crippen LogP) is 3.12. The van der Waals surface area contributed by atoms with Crippen molar-refractivity contribution in [1.29, 1.82) is 0 Å². The second kappa shape index (κ2) is 5.49. The molecule has 16 heavy (non-hydrogen) atoms. The van der Waals surface area contributed by atoms with Gasteiger partial charge in [0.05, 0.1) is 5.56 Å². The Labute approximate surface area is 94.3 Å². The number of hydrogen-bond acceptors (Lipinski definition) is 2. The summed E-state index contributed by atoms with van der Waals surface area (Å²) < 4.78 is 13.3. The van der Waals surface area contributed by atoms with Crippen LogP contribution in [0.3, 0.4) is 0 Å². The molecule has 3 nitrogen and oxygen atoms in total. The lowest BCUT2D eigenvalue weighted by atomic mass is 10.1. The smallest absolute Gasteiger partial charge is 0.338 e. The molecule has 0 bridgehead atoms. The van der Waals surface area contributed by atoms with E-state index < -0.39 is 11.8 Å². The van der Waals surface area contributed by atoms with Gasteiger partial charge in [0.25, 0.3) is 0 Å². The summed E-state index contributed by atoms with van der Waals surface area (Å²) in [4.78, 5) is 10.6. The summed E-state index contributed by atoms with van der Waals surface area (Å²) in [6.07, 6.45) is 2.03. The SMILES string of the molecule is CCCC(C)Nc1ccc(C(=O)O)c(F)c1. The molecule has 1 rings (SSSR count). The largest absolute Gasteiger partial charge is 0.478 e. The Kier molecular flexibility index (Phi) is 4.28. The van der Waals surface area contributed by atoms with E-state index in [9.17, 15) is 9.18 Å². The van der Waals surface area contributed by atoms with Gasteiger partial charge in [-0.1, -0.05) is 13.3 Å². The highest BCUT2D eigenvalue weighted by Gasteiger charge is 2.10. The number of carbonyl (C=O) groups is 1. The number of halogens is 1. The minimum absolute atomic E-state index is 0.250. The lowest BCUT2D eigenvalue weighted by Gasteiger charge is -2.14. The second-order valence-electron chi connectivity index (χ2n) is 3.83. The molecule has 0 aliphatic heterocycles. The maximum Gasteiger partial charge on any atom is 0.338 e. The molecule has 0 fully saturated rings. The molecule has 4 heteroatoms. The van der Waals surface area contributed by atoms with Crippen molar-refractivity contribution in [2.75, 3.05) is 5.32 Å². The molecule has 0 radical (unpaired) electrons. The summed E-state index contributed by atoms with van der Waals surface area (Å²) in [5.41, 5.74) is 0.317. The van der Waals surface area contributed by atoms with Gasteiger partial charge in [0, 0.05) is 11.7 Å². The first-order chi connectivity index (χ1) is 7.54. The molecule has 88 valence electrons. The van der Waals surface area contributed by atoms with Crippen LogP contribution in [0.1, 0.15) is 37.0 Å². The van der Waals surface area contributed by atoms with Crippen molar-refractivity contribution >= 4 is 11.7 Å². The average Bonchev–Trinajstić information content (AvgIpc) is 2.17. The van der Waals surface area contributed by atoms with Gasteiger partial charge in [-0.15, -0.1) is 0 Å². The predicted molar refractivity (Wildman–Crippen MR) is 61.4 cm³/mol. The third kappa shape index (κ3) is 3.22. The van der Waals surface area contributed by atoms with Crippen LogP contribution < -0.4 is 5.32 Å². The Morgan fingerprint density at radius 1 is 1.56 bits per heavy atom. The number of nitrogens with one attached hydrogen (secondary N) is 1. The number of anilines is 1. The van der Waals surface area contributed by atoms with Gasteiger partial charge in [-0.05, 0) is 31.5 Å². The normalized spacial score (nSPS) is 12.2. The fourth-order valence-corrected chi connectivity index (χ4v) is 1.57. The van der Waals surface area contributed by atoms with Crippen LogP contribution in [0.5, 0.6) is 0 Å². The molecule has 1 aromatic carbocycles. The van der Waals surface area contributed by atoms with Gasteiger partial charge in [-0.3, -0.25) is 0 Å². The fourth-order valence-electron chi connectivity index (χ4n) is 1.57. The van der Waals surface area contributed by atoms with Gasteiger partial charge in [0.2, 0.25) is 0 Å². The van der Waals surface area contributed by atoms with E-state index in [1.165, 1.54) is 12.1 Å². The maximum atomic E-state index is 13.3. The van der Waals surface area contributed by atoms with E-state index in [-0.39, 0.29) is 11.6 Å². The summed E-state index contributed by atoms with van der Waals surface area (Å²) in [7, 11) is 0. The van der Waals surface area contributed by atoms with Crippen molar-refractivity contribution in [2.45, 2.75) is 32.7 Å². The molecular weight excluding hydrogens is 209 g/mol. The molecule has 0 saturated carbocycles. The molecule has 0 heterocycles. The van der Waals surface area contributed by atoms with E-state index in [1.54, 1.807) is 6.07 Å². The van der Waals surface area contributed by atoms with Crippen LogP contribution in [0, 0.1) is 5.82 Å². The topological polar surface area (TPSA) is 49.3 Å². The summed E-state index contributed by atoms with van der Waals surface area (Å²) in [6, 6.07) is 4.33. The van der Waals surface area contributed by atoms with Crippen molar-refractivity contribution in [3.05, 3.63) is 29.6 Å². The Morgan fingerprint density at radius 2 is 2.25 bits per heavy atom. The van der Waals surface area contributed by atoms with E-state index >= 15 is 0 Å². The Morgan fingerprint density at radius 3 is 2.75 bits per heavy atom. The summed E-state index contributed by atoms with van der Waals surface area (Å²) in [6.45, 7) is 4.08. The monoisotopic (exact) mass is 225 g/mol. The van der Waals surface area contributed by atoms with E-state index in [0.717, 1.165) is 12.8 Å². The minimum atomic E-state index is -1.24. The number of rotatable bonds is 5. The van der Waals surface area contributed by atoms with Crippen LogP contribution in [0.2, 0.25) is 0 Å². The highest BCUT2D eigenvalue weighted by Crippen LogP contribution is 2.16. The van der Waals surface area contributed by atoms with Gasteiger partial charge in [0.15, 0.2) is 0 Å². The van der Waals surface area contributed by atoms with E-state index in [1.807, 2.05) is 6.92 Å². The van der Waals surface area contributed by atoms with Crippen LogP contribution in [0.25, 0.3) is 0 Å². The first kappa shape index (κ1) is 12.5. The first-order valence-corrected chi connectivity index (χ1v) is 5.34. The highest BCUT2D eigenvalue weighted by molar-refractivity contribution is 5.88. The Bertz CT molecular complexity index is 379. The minimum Gasteiger partial charge on any atom is -0.478 e. The fraction of sp³-hybridized carbons (Fsp3) is 0.417. The third-order valence-electron chi connectivity index (χ3n) is 2.33. The van der Waals surface area contributed by atoms with Gasteiger partial charge >= 0.3 is 5.97 Å². The molecule has 1 atom stereocenters. The van der Waals surface area contributed by atoms with Crippen LogP contribution in [0.4, 0.5) is 10.1 Å². The molecule has 1 aromatic rings. The lowest BCUT2D eigenvalue weighted by Crippen LogP contribution is -2.14. The highest BCUT2D eigenvalue weighted by atomic mass is 19.1. The Balaban J connectivity index is 2.77. The zero-order valence-corrected chi connectivity index (χ0v) is 9.46. The number of carboxylic acids is 1.